The Morgan fingerprint density at radius 2 is 1.91 bits per heavy atom. The Labute approximate surface area is 68.0 Å². The van der Waals surface area contributed by atoms with Gasteiger partial charge in [-0.2, -0.15) is 0 Å². The zero-order chi connectivity index (χ0) is 7.94. The van der Waals surface area contributed by atoms with Crippen molar-refractivity contribution in [1.29, 1.82) is 0 Å². The van der Waals surface area contributed by atoms with E-state index < -0.39 is 0 Å². The van der Waals surface area contributed by atoms with Crippen molar-refractivity contribution < 1.29 is 4.74 Å². The summed E-state index contributed by atoms with van der Waals surface area (Å²) >= 11 is 0. The van der Waals surface area contributed by atoms with Gasteiger partial charge in [-0.1, -0.05) is 37.3 Å². The first-order chi connectivity index (χ1) is 5.43. The molecule has 0 heterocycles. The largest absolute Gasteiger partial charge is 0.377 e. The van der Waals surface area contributed by atoms with E-state index in [0.717, 1.165) is 13.0 Å². The second-order valence-electron chi connectivity index (χ2n) is 2.39. The Balaban J connectivity index is 2.28. The van der Waals surface area contributed by atoms with Crippen LogP contribution in [-0.4, -0.2) is 6.61 Å². The molecule has 0 saturated carbocycles. The van der Waals surface area contributed by atoms with Gasteiger partial charge in [0.25, 0.3) is 0 Å². The van der Waals surface area contributed by atoms with Crippen molar-refractivity contribution in [1.82, 2.24) is 0 Å². The molecule has 1 aromatic carbocycles. The van der Waals surface area contributed by atoms with Gasteiger partial charge < -0.3 is 4.74 Å². The molecule has 0 aliphatic heterocycles. The molecule has 0 spiro atoms. The van der Waals surface area contributed by atoms with Crippen molar-refractivity contribution >= 4 is 0 Å². The lowest BCUT2D eigenvalue weighted by Gasteiger charge is -2.00. The molecule has 0 N–H and O–H groups in total. The zero-order valence-electron chi connectivity index (χ0n) is 6.62. The second kappa shape index (κ2) is 4.91. The fraction of sp³-hybridized carbons (Fsp3) is 0.300. The Morgan fingerprint density at radius 3 is 2.55 bits per heavy atom. The van der Waals surface area contributed by atoms with Crippen molar-refractivity contribution in [2.24, 2.45) is 0 Å². The van der Waals surface area contributed by atoms with E-state index >= 15 is 0 Å². The highest BCUT2D eigenvalue weighted by atomic mass is 16.5. The SMILES string of the molecule is [CH2]CCOCc1ccccc1. The van der Waals surface area contributed by atoms with Gasteiger partial charge in [-0.05, 0) is 12.0 Å². The van der Waals surface area contributed by atoms with Gasteiger partial charge in [0.1, 0.15) is 0 Å². The summed E-state index contributed by atoms with van der Waals surface area (Å²) in [5.41, 5.74) is 1.22. The van der Waals surface area contributed by atoms with Gasteiger partial charge in [-0.25, -0.2) is 0 Å². The highest BCUT2D eigenvalue weighted by molar-refractivity contribution is 5.13. The van der Waals surface area contributed by atoms with E-state index in [1.165, 1.54) is 5.56 Å². The van der Waals surface area contributed by atoms with Crippen LogP contribution in [0, 0.1) is 6.92 Å². The molecule has 0 aromatic heterocycles. The molecule has 0 amide bonds. The van der Waals surface area contributed by atoms with Crippen LogP contribution in [0.1, 0.15) is 12.0 Å². The van der Waals surface area contributed by atoms with Crippen LogP contribution in [0.15, 0.2) is 30.3 Å². The van der Waals surface area contributed by atoms with Crippen LogP contribution < -0.4 is 0 Å². The van der Waals surface area contributed by atoms with E-state index in [2.05, 4.69) is 19.1 Å². The third-order valence-electron chi connectivity index (χ3n) is 1.40. The van der Waals surface area contributed by atoms with Crippen molar-refractivity contribution in [3.63, 3.8) is 0 Å². The first-order valence-electron chi connectivity index (χ1n) is 3.84. The van der Waals surface area contributed by atoms with Crippen LogP contribution in [0.3, 0.4) is 0 Å². The Morgan fingerprint density at radius 1 is 1.18 bits per heavy atom. The van der Waals surface area contributed by atoms with E-state index in [4.69, 9.17) is 4.74 Å². The maximum absolute atomic E-state index is 5.31. The average Bonchev–Trinajstić information content (AvgIpc) is 2.07. The molecule has 11 heavy (non-hydrogen) atoms. The molecular weight excluding hydrogens is 136 g/mol. The summed E-state index contributed by atoms with van der Waals surface area (Å²) in [5, 5.41) is 0. The summed E-state index contributed by atoms with van der Waals surface area (Å²) < 4.78 is 5.31. The molecular formula is C10H13O. The molecule has 1 nitrogen and oxygen atoms in total. The third-order valence-corrected chi connectivity index (χ3v) is 1.40. The maximum Gasteiger partial charge on any atom is 0.0716 e. The van der Waals surface area contributed by atoms with Gasteiger partial charge in [-0.3, -0.25) is 0 Å². The summed E-state index contributed by atoms with van der Waals surface area (Å²) in [6, 6.07) is 10.2. The van der Waals surface area contributed by atoms with Gasteiger partial charge in [0, 0.05) is 6.61 Å². The van der Waals surface area contributed by atoms with Gasteiger partial charge >= 0.3 is 0 Å². The topological polar surface area (TPSA) is 9.23 Å². The fourth-order valence-corrected chi connectivity index (χ4v) is 0.866. The monoisotopic (exact) mass is 149 g/mol. The van der Waals surface area contributed by atoms with Crippen LogP contribution in [-0.2, 0) is 11.3 Å². The lowest BCUT2D eigenvalue weighted by atomic mass is 10.2. The van der Waals surface area contributed by atoms with E-state index in [9.17, 15) is 0 Å². The summed E-state index contributed by atoms with van der Waals surface area (Å²) in [4.78, 5) is 0. The molecule has 0 fully saturated rings. The Hall–Kier alpha value is -0.820. The van der Waals surface area contributed by atoms with Gasteiger partial charge in [0.15, 0.2) is 0 Å². The van der Waals surface area contributed by atoms with Crippen LogP contribution in [0.5, 0.6) is 0 Å². The van der Waals surface area contributed by atoms with Crippen molar-refractivity contribution in [2.45, 2.75) is 13.0 Å². The van der Waals surface area contributed by atoms with Crippen LogP contribution in [0.2, 0.25) is 0 Å². The molecule has 0 atom stereocenters. The van der Waals surface area contributed by atoms with Crippen LogP contribution in [0.25, 0.3) is 0 Å². The highest BCUT2D eigenvalue weighted by Gasteiger charge is 1.88. The number of hydrogen-bond acceptors (Lipinski definition) is 1. The molecule has 0 unspecified atom stereocenters. The zero-order valence-corrected chi connectivity index (χ0v) is 6.62. The lowest BCUT2D eigenvalue weighted by Crippen LogP contribution is -1.92. The molecule has 1 radical (unpaired) electrons. The Kier molecular flexibility index (Phi) is 3.70. The van der Waals surface area contributed by atoms with Gasteiger partial charge in [-0.15, -0.1) is 0 Å². The molecule has 0 aliphatic rings. The minimum absolute atomic E-state index is 0.705. The third kappa shape index (κ3) is 3.19. The predicted octanol–water partition coefficient (Wildman–Crippen LogP) is 2.43. The van der Waals surface area contributed by atoms with Crippen molar-refractivity contribution in [3.8, 4) is 0 Å². The molecule has 0 saturated heterocycles. The smallest absolute Gasteiger partial charge is 0.0716 e. The summed E-state index contributed by atoms with van der Waals surface area (Å²) in [7, 11) is 0. The first-order valence-corrected chi connectivity index (χ1v) is 3.84. The van der Waals surface area contributed by atoms with Crippen molar-refractivity contribution in [3.05, 3.63) is 42.8 Å². The lowest BCUT2D eigenvalue weighted by molar-refractivity contribution is 0.125. The summed E-state index contributed by atoms with van der Waals surface area (Å²) in [6.45, 7) is 5.14. The van der Waals surface area contributed by atoms with Crippen LogP contribution in [0.4, 0.5) is 0 Å². The Bertz CT molecular complexity index is 181. The average molecular weight is 149 g/mol. The molecule has 1 heteroatoms. The minimum atomic E-state index is 0.705. The number of rotatable bonds is 4. The fourth-order valence-electron chi connectivity index (χ4n) is 0.866. The maximum atomic E-state index is 5.31. The standard InChI is InChI=1S/C10H13O/c1-2-8-11-9-10-6-4-3-5-7-10/h3-7H,1-2,8-9H2. The normalized spacial score (nSPS) is 9.91. The quantitative estimate of drug-likeness (QED) is 0.597. The second-order valence-corrected chi connectivity index (χ2v) is 2.39. The number of benzene rings is 1. The van der Waals surface area contributed by atoms with Gasteiger partial charge in [0.05, 0.1) is 6.61 Å². The predicted molar refractivity (Wildman–Crippen MR) is 46.1 cm³/mol. The molecule has 59 valence electrons. The van der Waals surface area contributed by atoms with Crippen LogP contribution >= 0.6 is 0 Å². The molecule has 1 aromatic rings. The first kappa shape index (κ1) is 8.28. The molecule has 0 bridgehead atoms. The molecule has 1 rings (SSSR count). The van der Waals surface area contributed by atoms with E-state index in [0.29, 0.717) is 6.61 Å². The van der Waals surface area contributed by atoms with Crippen molar-refractivity contribution in [2.75, 3.05) is 6.61 Å². The van der Waals surface area contributed by atoms with E-state index in [-0.39, 0.29) is 0 Å². The van der Waals surface area contributed by atoms with E-state index in [1.807, 2.05) is 18.2 Å². The molecule has 0 aliphatic carbocycles. The summed E-state index contributed by atoms with van der Waals surface area (Å²) in [6.07, 6.45) is 0.840. The number of ether oxygens (including phenoxy) is 1. The number of hydrogen-bond donors (Lipinski definition) is 0. The minimum Gasteiger partial charge on any atom is -0.377 e. The summed E-state index contributed by atoms with van der Waals surface area (Å²) in [5.74, 6) is 0. The van der Waals surface area contributed by atoms with E-state index in [1.54, 1.807) is 0 Å². The highest BCUT2D eigenvalue weighted by Crippen LogP contribution is 2.00. The van der Waals surface area contributed by atoms with Gasteiger partial charge in [0.2, 0.25) is 0 Å².